The molecule has 106 valence electrons. The monoisotopic (exact) mass is 305 g/mol. The van der Waals surface area contributed by atoms with Crippen LogP contribution in [0.15, 0.2) is 47.6 Å². The molecule has 0 radical (unpaired) electrons. The summed E-state index contributed by atoms with van der Waals surface area (Å²) in [6.07, 6.45) is 6.12. The van der Waals surface area contributed by atoms with Gasteiger partial charge in [0.15, 0.2) is 5.76 Å². The van der Waals surface area contributed by atoms with Crippen LogP contribution in [0.1, 0.15) is 7.12 Å². The van der Waals surface area contributed by atoms with Crippen LogP contribution >= 0.6 is 0 Å². The number of nitrogens with two attached hydrogens (primary N) is 1. The van der Waals surface area contributed by atoms with Crippen molar-refractivity contribution in [1.82, 2.24) is 19.9 Å². The van der Waals surface area contributed by atoms with Crippen molar-refractivity contribution in [3.05, 3.63) is 48.9 Å². The van der Waals surface area contributed by atoms with Gasteiger partial charge in [-0.2, -0.15) is 0 Å². The maximum absolute atomic E-state index is 11.0. The van der Waals surface area contributed by atoms with E-state index in [9.17, 15) is 4.79 Å². The second kappa shape index (κ2) is 7.26. The summed E-state index contributed by atoms with van der Waals surface area (Å²) in [6.45, 7) is 0. The zero-order valence-corrected chi connectivity index (χ0v) is 13.9. The van der Waals surface area contributed by atoms with E-state index in [0.717, 1.165) is 0 Å². The Hall–Kier alpha value is -2.09. The molecule has 22 heavy (non-hydrogen) atoms. The van der Waals surface area contributed by atoms with E-state index in [1.54, 1.807) is 30.7 Å². The van der Waals surface area contributed by atoms with Crippen molar-refractivity contribution in [2.45, 2.75) is 6.42 Å². The van der Waals surface area contributed by atoms with Gasteiger partial charge in [-0.15, -0.1) is 0 Å². The second-order valence-corrected chi connectivity index (χ2v) is 4.27. The molecule has 0 saturated heterocycles. The second-order valence-electron chi connectivity index (χ2n) is 4.27. The third-order valence-corrected chi connectivity index (χ3v) is 2.76. The zero-order valence-electron chi connectivity index (χ0n) is 12.9. The van der Waals surface area contributed by atoms with Crippen LogP contribution in [-0.4, -0.2) is 25.8 Å². The molecule has 3 rings (SSSR count). The van der Waals surface area contributed by atoms with Gasteiger partial charge in [0, 0.05) is 12.4 Å². The van der Waals surface area contributed by atoms with Crippen LogP contribution in [0.25, 0.3) is 22.8 Å². The van der Waals surface area contributed by atoms with Crippen LogP contribution in [0.5, 0.6) is 0 Å². The third-order valence-electron chi connectivity index (χ3n) is 2.76. The first kappa shape index (κ1) is 16.3. The third kappa shape index (κ3) is 3.56. The fraction of sp³-hybridized carbons (Fsp3) is 0.0714. The summed E-state index contributed by atoms with van der Waals surface area (Å²) in [5.41, 5.74) is 7.36. The van der Waals surface area contributed by atoms with Crippen molar-refractivity contribution in [3.63, 3.8) is 0 Å². The van der Waals surface area contributed by atoms with Crippen LogP contribution in [0.4, 0.5) is 0 Å². The molecule has 3 heterocycles. The van der Waals surface area contributed by atoms with Gasteiger partial charge in [0.05, 0.1) is 24.1 Å². The largest absolute Gasteiger partial charge is 1.00 e. The number of amides is 1. The summed E-state index contributed by atoms with van der Waals surface area (Å²) in [5, 5.41) is 0. The van der Waals surface area contributed by atoms with Crippen LogP contribution in [0.3, 0.4) is 0 Å². The molecule has 1 amide bonds. The molecule has 0 bridgehead atoms. The van der Waals surface area contributed by atoms with Crippen molar-refractivity contribution in [2.24, 2.45) is 5.73 Å². The molecule has 2 N–H and O–H groups in total. The van der Waals surface area contributed by atoms with E-state index in [1.807, 2.05) is 0 Å². The fourth-order valence-electron chi connectivity index (χ4n) is 1.89. The van der Waals surface area contributed by atoms with Gasteiger partial charge in [0.1, 0.15) is 17.7 Å². The first-order chi connectivity index (χ1) is 10.2. The molecule has 0 spiro atoms. The maximum atomic E-state index is 11.0. The Bertz CT molecular complexity index is 768. The van der Waals surface area contributed by atoms with Crippen molar-refractivity contribution in [3.8, 4) is 22.8 Å². The molecule has 0 aliphatic heterocycles. The standard InChI is InChI=1S/C14H11N5O2.Na.H/c15-12(20)6-9-7-17-13(10-3-4-16-8-18-10)14(19-9)11-2-1-5-21-11;;/h1-5,7-8H,6H2,(H2,15,20);;/q;+1;-1. The Morgan fingerprint density at radius 3 is 2.77 bits per heavy atom. The Labute approximate surface area is 149 Å². The summed E-state index contributed by atoms with van der Waals surface area (Å²) >= 11 is 0. The minimum absolute atomic E-state index is 0. The molecule has 3 aromatic heterocycles. The van der Waals surface area contributed by atoms with E-state index in [-0.39, 0.29) is 37.4 Å². The van der Waals surface area contributed by atoms with Crippen LogP contribution in [-0.2, 0) is 11.2 Å². The summed E-state index contributed by atoms with van der Waals surface area (Å²) < 4.78 is 5.38. The molecular weight excluding hydrogens is 293 g/mol. The first-order valence-corrected chi connectivity index (χ1v) is 6.18. The van der Waals surface area contributed by atoms with Gasteiger partial charge < -0.3 is 11.6 Å². The SMILES string of the molecule is NC(=O)Cc1cnc(-c2ccncn2)c(-c2ccco2)n1.[H-].[Na+]. The zero-order chi connectivity index (χ0) is 14.7. The number of primary amides is 1. The number of furan rings is 1. The topological polar surface area (TPSA) is 108 Å². The normalized spacial score (nSPS) is 10.0. The quantitative estimate of drug-likeness (QED) is 0.578. The van der Waals surface area contributed by atoms with E-state index in [1.165, 1.54) is 12.5 Å². The number of rotatable bonds is 4. The Morgan fingerprint density at radius 1 is 1.27 bits per heavy atom. The average Bonchev–Trinajstić information content (AvgIpc) is 3.01. The fourth-order valence-corrected chi connectivity index (χ4v) is 1.89. The van der Waals surface area contributed by atoms with Gasteiger partial charge in [-0.25, -0.2) is 15.0 Å². The molecule has 0 fully saturated rings. The van der Waals surface area contributed by atoms with E-state index in [2.05, 4.69) is 19.9 Å². The number of carbonyl (C=O) groups excluding carboxylic acids is 1. The number of nitrogens with zero attached hydrogens (tertiary/aromatic N) is 4. The van der Waals surface area contributed by atoms with Gasteiger partial charge >= 0.3 is 29.6 Å². The van der Waals surface area contributed by atoms with Gasteiger partial charge in [-0.1, -0.05) is 0 Å². The minimum atomic E-state index is -0.468. The number of aromatic nitrogens is 4. The molecule has 8 heteroatoms. The predicted molar refractivity (Wildman–Crippen MR) is 74.8 cm³/mol. The van der Waals surface area contributed by atoms with Crippen molar-refractivity contribution < 1.29 is 40.2 Å². The first-order valence-electron chi connectivity index (χ1n) is 6.18. The summed E-state index contributed by atoms with van der Waals surface area (Å²) in [5.74, 6) is 0.0758. The van der Waals surface area contributed by atoms with Crippen molar-refractivity contribution >= 4 is 5.91 Å². The Morgan fingerprint density at radius 2 is 2.14 bits per heavy atom. The van der Waals surface area contributed by atoms with Crippen molar-refractivity contribution in [1.29, 1.82) is 0 Å². The minimum Gasteiger partial charge on any atom is -1.00 e. The molecule has 0 unspecified atom stereocenters. The molecule has 0 aliphatic rings. The van der Waals surface area contributed by atoms with Gasteiger partial charge in [-0.05, 0) is 18.2 Å². The molecule has 0 aromatic carbocycles. The average molecular weight is 305 g/mol. The van der Waals surface area contributed by atoms with E-state index in [0.29, 0.717) is 28.5 Å². The van der Waals surface area contributed by atoms with Crippen molar-refractivity contribution in [2.75, 3.05) is 0 Å². The van der Waals surface area contributed by atoms with E-state index in [4.69, 9.17) is 10.2 Å². The smallest absolute Gasteiger partial charge is 1.00 e. The van der Waals surface area contributed by atoms with Crippen LogP contribution < -0.4 is 35.3 Å². The van der Waals surface area contributed by atoms with Crippen LogP contribution in [0.2, 0.25) is 0 Å². The van der Waals surface area contributed by atoms with Gasteiger partial charge in [0.2, 0.25) is 5.91 Å². The number of hydrogen-bond donors (Lipinski definition) is 1. The van der Waals surface area contributed by atoms with Gasteiger partial charge in [0.25, 0.3) is 0 Å². The molecule has 0 aliphatic carbocycles. The van der Waals surface area contributed by atoms with E-state index >= 15 is 0 Å². The van der Waals surface area contributed by atoms with Gasteiger partial charge in [-0.3, -0.25) is 9.78 Å². The maximum Gasteiger partial charge on any atom is 1.00 e. The summed E-state index contributed by atoms with van der Waals surface area (Å²) in [6, 6.07) is 5.24. The molecule has 0 saturated carbocycles. The molecular formula is C14H12N5NaO2. The molecule has 3 aromatic rings. The van der Waals surface area contributed by atoms with Crippen LogP contribution in [0, 0.1) is 0 Å². The number of carbonyl (C=O) groups is 1. The summed E-state index contributed by atoms with van der Waals surface area (Å²) in [4.78, 5) is 27.8. The molecule has 0 atom stereocenters. The van der Waals surface area contributed by atoms with E-state index < -0.39 is 5.91 Å². The predicted octanol–water partition coefficient (Wildman–Crippen LogP) is -1.66. The summed E-state index contributed by atoms with van der Waals surface area (Å²) in [7, 11) is 0. The number of hydrogen-bond acceptors (Lipinski definition) is 6. The molecule has 7 nitrogen and oxygen atoms in total. The Kier molecular flexibility index (Phi) is 5.37. The Balaban J connectivity index is 0.00000132.